The molecule has 2 N–H and O–H groups in total. The summed E-state index contributed by atoms with van der Waals surface area (Å²) in [6, 6.07) is 0. The Labute approximate surface area is 159 Å². The van der Waals surface area contributed by atoms with Gasteiger partial charge < -0.3 is 14.9 Å². The third-order valence-corrected chi connectivity index (χ3v) is 8.41. The smallest absolute Gasteiger partial charge is 0.338 e. The molecule has 4 aliphatic carbocycles. The SMILES string of the molecule is COC(=O)[C@@]1(O)CC[C@H]2C3CCC(=O)C4C(=O)C=CC4(C)[C@H]3C(O)CC21C. The standard InChI is InChI=1S/C21H28O6/c1-19-8-7-14(23)17(19)13(22)5-4-11-12-6-9-21(26,18(25)27-3)20(12,2)10-15(24)16(11)19/h7-8,11-12,15-17,24,26H,4-6,9-10H2,1-3H3/t11?,12-,15?,16+,17?,19?,20?,21-/m0/s1. The molecule has 0 spiro atoms. The molecule has 5 unspecified atom stereocenters. The molecule has 4 rings (SSSR count). The summed E-state index contributed by atoms with van der Waals surface area (Å²) in [5.41, 5.74) is -3.15. The van der Waals surface area contributed by atoms with Crippen molar-refractivity contribution in [1.82, 2.24) is 0 Å². The Kier molecular flexibility index (Phi) is 4.00. The zero-order valence-electron chi connectivity index (χ0n) is 16.1. The second kappa shape index (κ2) is 5.74. The van der Waals surface area contributed by atoms with Gasteiger partial charge in [-0.1, -0.05) is 19.9 Å². The average molecular weight is 376 g/mol. The monoisotopic (exact) mass is 376 g/mol. The topological polar surface area (TPSA) is 101 Å². The summed E-state index contributed by atoms with van der Waals surface area (Å²) in [5.74, 6) is -1.88. The van der Waals surface area contributed by atoms with Gasteiger partial charge in [0.15, 0.2) is 11.4 Å². The van der Waals surface area contributed by atoms with Crippen molar-refractivity contribution in [2.24, 2.45) is 34.5 Å². The normalized spacial score (nSPS) is 51.4. The lowest BCUT2D eigenvalue weighted by Crippen LogP contribution is -2.60. The predicted molar refractivity (Wildman–Crippen MR) is 95.4 cm³/mol. The van der Waals surface area contributed by atoms with Gasteiger partial charge in [-0.25, -0.2) is 4.79 Å². The van der Waals surface area contributed by atoms with Crippen LogP contribution in [0, 0.1) is 34.5 Å². The number of ether oxygens (including phenoxy) is 1. The molecule has 0 amide bonds. The quantitative estimate of drug-likeness (QED) is 0.530. The molecule has 8 atom stereocenters. The maximum absolute atomic E-state index is 12.7. The highest BCUT2D eigenvalue weighted by atomic mass is 16.5. The molecule has 0 heterocycles. The van der Waals surface area contributed by atoms with Gasteiger partial charge in [0, 0.05) is 17.3 Å². The lowest BCUT2D eigenvalue weighted by Gasteiger charge is -2.55. The first-order chi connectivity index (χ1) is 12.6. The van der Waals surface area contributed by atoms with Gasteiger partial charge in [-0.3, -0.25) is 9.59 Å². The van der Waals surface area contributed by atoms with E-state index in [9.17, 15) is 24.6 Å². The maximum Gasteiger partial charge on any atom is 0.338 e. The van der Waals surface area contributed by atoms with Crippen molar-refractivity contribution in [3.63, 3.8) is 0 Å². The molecule has 3 saturated carbocycles. The first-order valence-electron chi connectivity index (χ1n) is 9.85. The summed E-state index contributed by atoms with van der Waals surface area (Å²) < 4.78 is 4.89. The van der Waals surface area contributed by atoms with Crippen molar-refractivity contribution in [2.75, 3.05) is 7.11 Å². The van der Waals surface area contributed by atoms with E-state index in [1.165, 1.54) is 13.2 Å². The minimum absolute atomic E-state index is 0.0116. The molecule has 0 aromatic carbocycles. The first-order valence-corrected chi connectivity index (χ1v) is 9.85. The van der Waals surface area contributed by atoms with Crippen molar-refractivity contribution in [2.45, 2.75) is 57.7 Å². The van der Waals surface area contributed by atoms with Crippen LogP contribution in [0.5, 0.6) is 0 Å². The van der Waals surface area contributed by atoms with E-state index in [1.807, 2.05) is 19.9 Å². The minimum Gasteiger partial charge on any atom is -0.467 e. The fourth-order valence-corrected chi connectivity index (χ4v) is 7.16. The fraction of sp³-hybridized carbons (Fsp3) is 0.762. The van der Waals surface area contributed by atoms with Crippen LogP contribution in [0.1, 0.15) is 46.0 Å². The number of esters is 1. The van der Waals surface area contributed by atoms with E-state index in [4.69, 9.17) is 4.74 Å². The zero-order chi connectivity index (χ0) is 19.8. The number of aliphatic hydroxyl groups is 2. The second-order valence-electron chi connectivity index (χ2n) is 9.42. The van der Waals surface area contributed by atoms with Crippen LogP contribution in [0.4, 0.5) is 0 Å². The molecule has 4 aliphatic rings. The molecule has 0 saturated heterocycles. The highest BCUT2D eigenvalue weighted by molar-refractivity contribution is 6.10. The summed E-state index contributed by atoms with van der Waals surface area (Å²) in [6.07, 6.45) is 4.56. The third kappa shape index (κ3) is 2.17. The molecule has 0 aliphatic heterocycles. The summed E-state index contributed by atoms with van der Waals surface area (Å²) in [6.45, 7) is 3.77. The Bertz CT molecular complexity index is 743. The van der Waals surface area contributed by atoms with E-state index >= 15 is 0 Å². The van der Waals surface area contributed by atoms with Gasteiger partial charge in [0.05, 0.1) is 19.1 Å². The fourth-order valence-electron chi connectivity index (χ4n) is 7.16. The Morgan fingerprint density at radius 2 is 1.96 bits per heavy atom. The van der Waals surface area contributed by atoms with Crippen molar-refractivity contribution in [3.8, 4) is 0 Å². The summed E-state index contributed by atoms with van der Waals surface area (Å²) in [5, 5.41) is 22.4. The second-order valence-corrected chi connectivity index (χ2v) is 9.42. The van der Waals surface area contributed by atoms with Crippen LogP contribution >= 0.6 is 0 Å². The van der Waals surface area contributed by atoms with Gasteiger partial charge in [0.2, 0.25) is 0 Å². The van der Waals surface area contributed by atoms with E-state index in [0.29, 0.717) is 25.7 Å². The molecular formula is C21H28O6. The number of allylic oxidation sites excluding steroid dienone is 2. The Hall–Kier alpha value is -1.53. The molecule has 6 nitrogen and oxygen atoms in total. The van der Waals surface area contributed by atoms with Crippen LogP contribution in [0.2, 0.25) is 0 Å². The number of methoxy groups -OCH3 is 1. The number of ketones is 2. The number of hydrogen-bond acceptors (Lipinski definition) is 6. The molecule has 0 bridgehead atoms. The molecule has 0 radical (unpaired) electrons. The van der Waals surface area contributed by atoms with E-state index in [2.05, 4.69) is 0 Å². The van der Waals surface area contributed by atoms with Crippen LogP contribution in [-0.4, -0.2) is 46.6 Å². The molecule has 148 valence electrons. The number of Topliss-reactive ketones (excluding diaryl/α,β-unsaturated/α-hetero) is 1. The van der Waals surface area contributed by atoms with Crippen LogP contribution < -0.4 is 0 Å². The number of fused-ring (bicyclic) bond motifs is 5. The summed E-state index contributed by atoms with van der Waals surface area (Å²) >= 11 is 0. The van der Waals surface area contributed by atoms with Crippen molar-refractivity contribution < 1.29 is 29.3 Å². The van der Waals surface area contributed by atoms with Gasteiger partial charge in [-0.2, -0.15) is 0 Å². The highest BCUT2D eigenvalue weighted by Gasteiger charge is 2.69. The first kappa shape index (κ1) is 18.8. The van der Waals surface area contributed by atoms with Crippen LogP contribution in [0.25, 0.3) is 0 Å². The van der Waals surface area contributed by atoms with Crippen LogP contribution in [0.15, 0.2) is 12.2 Å². The van der Waals surface area contributed by atoms with E-state index in [0.717, 1.165) is 0 Å². The Morgan fingerprint density at radius 3 is 2.63 bits per heavy atom. The number of aliphatic hydroxyl groups excluding tert-OH is 1. The Balaban J connectivity index is 1.79. The number of carbonyl (C=O) groups is 3. The van der Waals surface area contributed by atoms with E-state index in [-0.39, 0.29) is 35.7 Å². The average Bonchev–Trinajstić information content (AvgIpc) is 3.01. The van der Waals surface area contributed by atoms with Gasteiger partial charge in [0.25, 0.3) is 0 Å². The molecule has 0 aromatic heterocycles. The largest absolute Gasteiger partial charge is 0.467 e. The lowest BCUT2D eigenvalue weighted by atomic mass is 9.50. The number of carbonyl (C=O) groups excluding carboxylic acids is 3. The van der Waals surface area contributed by atoms with Crippen molar-refractivity contribution in [1.29, 1.82) is 0 Å². The Morgan fingerprint density at radius 1 is 1.26 bits per heavy atom. The summed E-state index contributed by atoms with van der Waals surface area (Å²) in [7, 11) is 1.27. The van der Waals surface area contributed by atoms with Gasteiger partial charge in [-0.15, -0.1) is 0 Å². The zero-order valence-corrected chi connectivity index (χ0v) is 16.1. The lowest BCUT2D eigenvalue weighted by molar-refractivity contribution is -0.194. The number of rotatable bonds is 1. The molecule has 3 fully saturated rings. The van der Waals surface area contributed by atoms with Crippen LogP contribution in [-0.2, 0) is 19.1 Å². The minimum atomic E-state index is -1.63. The van der Waals surface area contributed by atoms with Crippen molar-refractivity contribution >= 4 is 17.5 Å². The third-order valence-electron chi connectivity index (χ3n) is 8.41. The predicted octanol–water partition coefficient (Wildman–Crippen LogP) is 1.43. The molecule has 27 heavy (non-hydrogen) atoms. The van der Waals surface area contributed by atoms with Crippen molar-refractivity contribution in [3.05, 3.63) is 12.2 Å². The molecule has 0 aromatic rings. The highest BCUT2D eigenvalue weighted by Crippen LogP contribution is 2.66. The molecule has 6 heteroatoms. The van der Waals surface area contributed by atoms with E-state index in [1.54, 1.807) is 0 Å². The molecular weight excluding hydrogens is 348 g/mol. The van der Waals surface area contributed by atoms with Gasteiger partial charge in [-0.05, 0) is 49.5 Å². The van der Waals surface area contributed by atoms with Crippen LogP contribution in [0.3, 0.4) is 0 Å². The van der Waals surface area contributed by atoms with E-state index < -0.39 is 34.4 Å². The van der Waals surface area contributed by atoms with Gasteiger partial charge in [0.1, 0.15) is 5.78 Å². The maximum atomic E-state index is 12.7. The summed E-state index contributed by atoms with van der Waals surface area (Å²) in [4.78, 5) is 37.5. The van der Waals surface area contributed by atoms with Gasteiger partial charge >= 0.3 is 5.97 Å². The number of hydrogen-bond donors (Lipinski definition) is 2.